The van der Waals surface area contributed by atoms with E-state index in [-0.39, 0.29) is 27.1 Å². The lowest BCUT2D eigenvalue weighted by Gasteiger charge is -2.14. The van der Waals surface area contributed by atoms with Crippen LogP contribution in [0.25, 0.3) is 0 Å². The summed E-state index contributed by atoms with van der Waals surface area (Å²) in [6.45, 7) is 0.177. The van der Waals surface area contributed by atoms with Crippen molar-refractivity contribution in [1.29, 1.82) is 0 Å². The third kappa shape index (κ3) is 3.88. The first kappa shape index (κ1) is 18.3. The van der Waals surface area contributed by atoms with Gasteiger partial charge in [-0.2, -0.15) is 8.78 Å². The first-order chi connectivity index (χ1) is 11.1. The molecule has 5 nitrogen and oxygen atoms in total. The number of hydrogen-bond donors (Lipinski definition) is 2. The third-order valence-electron chi connectivity index (χ3n) is 3.31. The van der Waals surface area contributed by atoms with Crippen molar-refractivity contribution in [3.63, 3.8) is 0 Å². The van der Waals surface area contributed by atoms with Crippen molar-refractivity contribution in [2.45, 2.75) is 25.4 Å². The molecule has 2 rings (SSSR count). The molecule has 0 aliphatic heterocycles. The van der Waals surface area contributed by atoms with E-state index >= 15 is 0 Å². The van der Waals surface area contributed by atoms with Crippen LogP contribution in [-0.4, -0.2) is 20.1 Å². The topological polar surface area (TPSA) is 75.6 Å². The van der Waals surface area contributed by atoms with Crippen LogP contribution >= 0.6 is 11.6 Å². The second kappa shape index (κ2) is 6.82. The number of phenols is 1. The highest BCUT2D eigenvalue weighted by atomic mass is 35.5. The van der Waals surface area contributed by atoms with Crippen LogP contribution in [0.5, 0.6) is 11.5 Å². The number of aryl methyl sites for hydroxylation is 1. The van der Waals surface area contributed by atoms with Gasteiger partial charge in [0.1, 0.15) is 11.5 Å². The van der Waals surface area contributed by atoms with Gasteiger partial charge in [-0.3, -0.25) is 4.72 Å². The first-order valence-corrected chi connectivity index (χ1v) is 8.54. The van der Waals surface area contributed by atoms with Gasteiger partial charge < -0.3 is 9.84 Å². The zero-order chi connectivity index (χ0) is 18.1. The molecule has 24 heavy (non-hydrogen) atoms. The molecular weight excluding hydrogens is 364 g/mol. The van der Waals surface area contributed by atoms with Crippen LogP contribution < -0.4 is 9.46 Å². The Morgan fingerprint density at radius 2 is 1.88 bits per heavy atom. The van der Waals surface area contributed by atoms with Crippen molar-refractivity contribution in [1.82, 2.24) is 0 Å². The van der Waals surface area contributed by atoms with Crippen molar-refractivity contribution in [3.05, 3.63) is 46.5 Å². The number of halogens is 3. The quantitative estimate of drug-likeness (QED) is 0.823. The van der Waals surface area contributed by atoms with E-state index in [1.54, 1.807) is 19.9 Å². The fourth-order valence-electron chi connectivity index (χ4n) is 1.99. The minimum absolute atomic E-state index is 0.0195. The Hall–Kier alpha value is -2.06. The Morgan fingerprint density at radius 3 is 2.46 bits per heavy atom. The minimum Gasteiger partial charge on any atom is -0.507 e. The van der Waals surface area contributed by atoms with Crippen molar-refractivity contribution < 1.29 is 27.0 Å². The van der Waals surface area contributed by atoms with Gasteiger partial charge in [0.15, 0.2) is 0 Å². The Morgan fingerprint density at radius 1 is 1.21 bits per heavy atom. The van der Waals surface area contributed by atoms with Crippen molar-refractivity contribution in [3.8, 4) is 11.5 Å². The molecule has 0 bridgehead atoms. The van der Waals surface area contributed by atoms with Crippen molar-refractivity contribution in [2.24, 2.45) is 0 Å². The number of sulfonamides is 1. The monoisotopic (exact) mass is 377 g/mol. The van der Waals surface area contributed by atoms with Crippen LogP contribution in [0, 0.1) is 13.8 Å². The molecular formula is C15H14ClF2NO4S. The summed E-state index contributed by atoms with van der Waals surface area (Å²) in [5, 5.41) is 9.61. The smallest absolute Gasteiger partial charge is 0.387 e. The molecule has 0 saturated carbocycles. The normalized spacial score (nSPS) is 11.6. The Labute approximate surface area is 142 Å². The molecule has 0 radical (unpaired) electrons. The average Bonchev–Trinajstić information content (AvgIpc) is 2.49. The van der Waals surface area contributed by atoms with Crippen LogP contribution in [0.1, 0.15) is 11.1 Å². The van der Waals surface area contributed by atoms with Gasteiger partial charge in [-0.25, -0.2) is 8.42 Å². The lowest BCUT2D eigenvalue weighted by Crippen LogP contribution is -2.14. The molecule has 0 amide bonds. The maximum absolute atomic E-state index is 12.4. The minimum atomic E-state index is -4.02. The molecule has 0 aliphatic carbocycles. The highest BCUT2D eigenvalue weighted by molar-refractivity contribution is 7.92. The van der Waals surface area contributed by atoms with Gasteiger partial charge >= 0.3 is 6.61 Å². The zero-order valence-electron chi connectivity index (χ0n) is 12.7. The molecule has 0 heterocycles. The molecule has 0 fully saturated rings. The number of rotatable bonds is 5. The standard InChI is InChI=1S/C15H14ClF2NO4S/c1-8-3-5-12(9(2)14(8)20)19-24(21,22)10-4-6-13(11(16)7-10)23-15(17)18/h3-7,15,19-20H,1-2H3. The van der Waals surface area contributed by atoms with Gasteiger partial charge in [-0.05, 0) is 43.7 Å². The van der Waals surface area contributed by atoms with Crippen LogP contribution in [0.3, 0.4) is 0 Å². The molecule has 130 valence electrons. The number of benzene rings is 2. The molecule has 2 aromatic carbocycles. The first-order valence-electron chi connectivity index (χ1n) is 6.68. The van der Waals surface area contributed by atoms with Crippen molar-refractivity contribution >= 4 is 27.3 Å². The fourth-order valence-corrected chi connectivity index (χ4v) is 3.43. The van der Waals surface area contributed by atoms with Gasteiger partial charge in [0.25, 0.3) is 10.0 Å². The van der Waals surface area contributed by atoms with Gasteiger partial charge in [0.2, 0.25) is 0 Å². The van der Waals surface area contributed by atoms with E-state index in [1.165, 1.54) is 6.07 Å². The Kier molecular flexibility index (Phi) is 5.19. The number of phenolic OH excluding ortho intramolecular Hbond substituents is 1. The van der Waals surface area contributed by atoms with E-state index in [0.29, 0.717) is 11.1 Å². The van der Waals surface area contributed by atoms with Gasteiger partial charge in [0.05, 0.1) is 15.6 Å². The summed E-state index contributed by atoms with van der Waals surface area (Å²) in [6.07, 6.45) is 0. The van der Waals surface area contributed by atoms with Gasteiger partial charge in [-0.15, -0.1) is 0 Å². The zero-order valence-corrected chi connectivity index (χ0v) is 14.3. The fraction of sp³-hybridized carbons (Fsp3) is 0.200. The molecule has 0 aromatic heterocycles. The highest BCUT2D eigenvalue weighted by Crippen LogP contribution is 2.32. The van der Waals surface area contributed by atoms with E-state index in [0.717, 1.165) is 18.2 Å². The van der Waals surface area contributed by atoms with Crippen molar-refractivity contribution in [2.75, 3.05) is 4.72 Å². The van der Waals surface area contributed by atoms with E-state index in [4.69, 9.17) is 11.6 Å². The predicted octanol–water partition coefficient (Wildman–Crippen LogP) is 4.06. The second-order valence-corrected chi connectivity index (χ2v) is 7.07. The summed E-state index contributed by atoms with van der Waals surface area (Å²) in [5.41, 5.74) is 1.16. The van der Waals surface area contributed by atoms with Gasteiger partial charge in [-0.1, -0.05) is 17.7 Å². The molecule has 2 N–H and O–H groups in total. The lowest BCUT2D eigenvalue weighted by atomic mass is 10.1. The van der Waals surface area contributed by atoms with Crippen LogP contribution in [-0.2, 0) is 10.0 Å². The van der Waals surface area contributed by atoms with Crippen LogP contribution in [0.2, 0.25) is 5.02 Å². The third-order valence-corrected chi connectivity index (χ3v) is 4.97. The molecule has 0 saturated heterocycles. The second-order valence-electron chi connectivity index (χ2n) is 4.98. The number of nitrogens with one attached hydrogen (secondary N) is 1. The molecule has 9 heteroatoms. The maximum atomic E-state index is 12.4. The number of anilines is 1. The molecule has 0 spiro atoms. The van der Waals surface area contributed by atoms with Crippen LogP contribution in [0.4, 0.5) is 14.5 Å². The maximum Gasteiger partial charge on any atom is 0.387 e. The van der Waals surface area contributed by atoms with E-state index in [9.17, 15) is 22.3 Å². The predicted molar refractivity (Wildman–Crippen MR) is 86.5 cm³/mol. The number of hydrogen-bond acceptors (Lipinski definition) is 4. The summed E-state index contributed by atoms with van der Waals surface area (Å²) in [7, 11) is -4.02. The molecule has 2 aromatic rings. The van der Waals surface area contributed by atoms with E-state index in [1.807, 2.05) is 0 Å². The summed E-state index contributed by atoms with van der Waals surface area (Å²) < 4.78 is 55.7. The van der Waals surface area contributed by atoms with Gasteiger partial charge in [0, 0.05) is 5.56 Å². The summed E-state index contributed by atoms with van der Waals surface area (Å²) in [4.78, 5) is -0.228. The largest absolute Gasteiger partial charge is 0.507 e. The number of alkyl halides is 2. The number of ether oxygens (including phenoxy) is 1. The summed E-state index contributed by atoms with van der Waals surface area (Å²) >= 11 is 5.77. The highest BCUT2D eigenvalue weighted by Gasteiger charge is 2.19. The summed E-state index contributed by atoms with van der Waals surface area (Å²) in [6, 6.07) is 6.22. The SMILES string of the molecule is Cc1ccc(NS(=O)(=O)c2ccc(OC(F)F)c(Cl)c2)c(C)c1O. The molecule has 0 aliphatic rings. The summed E-state index contributed by atoms with van der Waals surface area (Å²) in [5.74, 6) is -0.344. The lowest BCUT2D eigenvalue weighted by molar-refractivity contribution is -0.0498. The Bertz CT molecular complexity index is 872. The van der Waals surface area contributed by atoms with E-state index < -0.39 is 16.6 Å². The molecule has 0 atom stereocenters. The number of aromatic hydroxyl groups is 1. The van der Waals surface area contributed by atoms with Crippen LogP contribution in [0.15, 0.2) is 35.2 Å². The molecule has 0 unspecified atom stereocenters. The van der Waals surface area contributed by atoms with E-state index in [2.05, 4.69) is 9.46 Å². The Balaban J connectivity index is 2.34. The average molecular weight is 378 g/mol.